The molecule has 2 aromatic rings. The molecule has 18 heavy (non-hydrogen) atoms. The monoisotopic (exact) mass is 282 g/mol. The van der Waals surface area contributed by atoms with Gasteiger partial charge in [0.1, 0.15) is 4.21 Å². The van der Waals surface area contributed by atoms with E-state index in [4.69, 9.17) is 0 Å². The number of nitrogens with one attached hydrogen (secondary N) is 1. The average molecular weight is 282 g/mol. The molecule has 1 unspecified atom stereocenters. The highest BCUT2D eigenvalue weighted by Crippen LogP contribution is 2.22. The van der Waals surface area contributed by atoms with Gasteiger partial charge in [0.15, 0.2) is 0 Å². The fraction of sp³-hybridized carbons (Fsp3) is 0.250. The molecule has 0 amide bonds. The smallest absolute Gasteiger partial charge is 0.250 e. The van der Waals surface area contributed by atoms with Crippen LogP contribution in [-0.4, -0.2) is 13.4 Å². The molecule has 2 rings (SSSR count). The summed E-state index contributed by atoms with van der Waals surface area (Å²) in [6.07, 6.45) is 3.30. The maximum atomic E-state index is 12.1. The average Bonchev–Trinajstić information content (AvgIpc) is 2.77. The molecule has 0 aliphatic carbocycles. The van der Waals surface area contributed by atoms with Crippen LogP contribution in [0.5, 0.6) is 0 Å². The largest absolute Gasteiger partial charge is 0.265 e. The first-order valence-corrected chi connectivity index (χ1v) is 7.78. The first-order valence-electron chi connectivity index (χ1n) is 5.48. The van der Waals surface area contributed by atoms with Crippen molar-refractivity contribution in [1.29, 1.82) is 0 Å². The molecule has 0 saturated carbocycles. The Morgan fingerprint density at radius 1 is 1.22 bits per heavy atom. The highest BCUT2D eigenvalue weighted by atomic mass is 32.2. The van der Waals surface area contributed by atoms with Gasteiger partial charge in [-0.1, -0.05) is 0 Å². The zero-order valence-corrected chi connectivity index (χ0v) is 11.8. The summed E-state index contributed by atoms with van der Waals surface area (Å²) in [6.45, 7) is 3.70. The third-order valence-electron chi connectivity index (χ3n) is 2.52. The van der Waals surface area contributed by atoms with Crippen LogP contribution in [0.25, 0.3) is 0 Å². The molecule has 1 N–H and O–H groups in total. The van der Waals surface area contributed by atoms with E-state index >= 15 is 0 Å². The maximum Gasteiger partial charge on any atom is 0.250 e. The molecule has 2 aromatic heterocycles. The quantitative estimate of drug-likeness (QED) is 0.937. The van der Waals surface area contributed by atoms with Crippen LogP contribution in [0.2, 0.25) is 0 Å². The minimum absolute atomic E-state index is 0.277. The summed E-state index contributed by atoms with van der Waals surface area (Å²) in [5.74, 6) is 0. The van der Waals surface area contributed by atoms with E-state index in [1.165, 1.54) is 11.3 Å². The molecule has 0 aliphatic rings. The van der Waals surface area contributed by atoms with Crippen molar-refractivity contribution in [2.24, 2.45) is 0 Å². The molecule has 6 heteroatoms. The Balaban J connectivity index is 2.19. The molecule has 4 nitrogen and oxygen atoms in total. The molecule has 0 saturated heterocycles. The molecule has 0 bridgehead atoms. The van der Waals surface area contributed by atoms with Crippen molar-refractivity contribution in [3.05, 3.63) is 47.1 Å². The van der Waals surface area contributed by atoms with Gasteiger partial charge >= 0.3 is 0 Å². The van der Waals surface area contributed by atoms with Crippen molar-refractivity contribution in [2.75, 3.05) is 0 Å². The Labute approximate surface area is 111 Å². The van der Waals surface area contributed by atoms with E-state index in [0.717, 1.165) is 10.4 Å². The Morgan fingerprint density at radius 2 is 1.89 bits per heavy atom. The second-order valence-corrected chi connectivity index (χ2v) is 7.22. The van der Waals surface area contributed by atoms with Gasteiger partial charge in [0.05, 0.1) is 0 Å². The molecule has 1 atom stereocenters. The lowest BCUT2D eigenvalue weighted by molar-refractivity contribution is 0.569. The van der Waals surface area contributed by atoms with Gasteiger partial charge in [0.2, 0.25) is 0 Å². The van der Waals surface area contributed by atoms with Crippen molar-refractivity contribution < 1.29 is 8.42 Å². The minimum Gasteiger partial charge on any atom is -0.265 e. The highest BCUT2D eigenvalue weighted by molar-refractivity contribution is 7.91. The lowest BCUT2D eigenvalue weighted by Gasteiger charge is -2.13. The van der Waals surface area contributed by atoms with Gasteiger partial charge in [-0.25, -0.2) is 13.1 Å². The first kappa shape index (κ1) is 13.2. The number of nitrogens with zero attached hydrogens (tertiary/aromatic N) is 1. The second-order valence-electron chi connectivity index (χ2n) is 3.99. The van der Waals surface area contributed by atoms with Crippen molar-refractivity contribution in [2.45, 2.75) is 24.1 Å². The van der Waals surface area contributed by atoms with Crippen LogP contribution >= 0.6 is 11.3 Å². The lowest BCUT2D eigenvalue weighted by atomic mass is 10.1. The molecular formula is C12H14N2O2S2. The van der Waals surface area contributed by atoms with Crippen LogP contribution < -0.4 is 4.72 Å². The van der Waals surface area contributed by atoms with E-state index < -0.39 is 10.0 Å². The van der Waals surface area contributed by atoms with Crippen LogP contribution in [0.15, 0.2) is 40.9 Å². The van der Waals surface area contributed by atoms with Gasteiger partial charge in [-0.2, -0.15) is 0 Å². The molecule has 96 valence electrons. The Morgan fingerprint density at radius 3 is 2.44 bits per heavy atom. The predicted molar refractivity (Wildman–Crippen MR) is 72.0 cm³/mol. The summed E-state index contributed by atoms with van der Waals surface area (Å²) in [7, 11) is -3.44. The zero-order chi connectivity index (χ0) is 13.2. The van der Waals surface area contributed by atoms with E-state index in [2.05, 4.69) is 9.71 Å². The van der Waals surface area contributed by atoms with Crippen LogP contribution in [0.1, 0.15) is 23.4 Å². The van der Waals surface area contributed by atoms with Crippen molar-refractivity contribution in [1.82, 2.24) is 9.71 Å². The first-order chi connectivity index (χ1) is 8.49. The van der Waals surface area contributed by atoms with E-state index in [1.807, 2.05) is 13.8 Å². The van der Waals surface area contributed by atoms with Crippen molar-refractivity contribution in [3.63, 3.8) is 0 Å². The predicted octanol–water partition coefficient (Wildman–Crippen LogP) is 2.49. The molecule has 0 radical (unpaired) electrons. The number of aromatic nitrogens is 1. The van der Waals surface area contributed by atoms with Gasteiger partial charge in [-0.3, -0.25) is 4.98 Å². The summed E-state index contributed by atoms with van der Waals surface area (Å²) in [5, 5.41) is 0. The SMILES string of the molecule is Cc1ccc(S(=O)(=O)NC(C)c2ccncc2)s1. The summed E-state index contributed by atoms with van der Waals surface area (Å²) in [5.41, 5.74) is 0.891. The van der Waals surface area contributed by atoms with Crippen LogP contribution in [0.4, 0.5) is 0 Å². The third kappa shape index (κ3) is 2.95. The molecule has 0 fully saturated rings. The molecule has 2 heterocycles. The third-order valence-corrected chi connectivity index (χ3v) is 5.55. The van der Waals surface area contributed by atoms with E-state index in [0.29, 0.717) is 4.21 Å². The normalized spacial score (nSPS) is 13.4. The number of pyridine rings is 1. The van der Waals surface area contributed by atoms with Crippen LogP contribution in [0.3, 0.4) is 0 Å². The number of hydrogen-bond acceptors (Lipinski definition) is 4. The summed E-state index contributed by atoms with van der Waals surface area (Å²) in [4.78, 5) is 4.89. The van der Waals surface area contributed by atoms with Gasteiger partial charge < -0.3 is 0 Å². The summed E-state index contributed by atoms with van der Waals surface area (Å²) >= 11 is 1.27. The number of hydrogen-bond donors (Lipinski definition) is 1. The van der Waals surface area contributed by atoms with Gasteiger partial charge in [0.25, 0.3) is 10.0 Å². The number of rotatable bonds is 4. The standard InChI is InChI=1S/C12H14N2O2S2/c1-9-3-4-12(17-9)18(15,16)14-10(2)11-5-7-13-8-6-11/h3-8,10,14H,1-2H3. The Bertz CT molecular complexity index is 621. The van der Waals surface area contributed by atoms with Crippen molar-refractivity contribution >= 4 is 21.4 Å². The summed E-state index contributed by atoms with van der Waals surface area (Å²) in [6, 6.07) is 6.75. The minimum atomic E-state index is -3.44. The van der Waals surface area contributed by atoms with Crippen molar-refractivity contribution in [3.8, 4) is 0 Å². The van der Waals surface area contributed by atoms with E-state index in [1.54, 1.807) is 36.7 Å². The number of sulfonamides is 1. The molecule has 0 aromatic carbocycles. The van der Waals surface area contributed by atoms with E-state index in [9.17, 15) is 8.42 Å². The van der Waals surface area contributed by atoms with Crippen LogP contribution in [0, 0.1) is 6.92 Å². The highest BCUT2D eigenvalue weighted by Gasteiger charge is 2.19. The lowest BCUT2D eigenvalue weighted by Crippen LogP contribution is -2.26. The van der Waals surface area contributed by atoms with Gasteiger partial charge in [-0.05, 0) is 43.7 Å². The van der Waals surface area contributed by atoms with Gasteiger partial charge in [0, 0.05) is 23.3 Å². The molecular weight excluding hydrogens is 268 g/mol. The Hall–Kier alpha value is -1.24. The second kappa shape index (κ2) is 5.17. The summed E-state index contributed by atoms with van der Waals surface area (Å²) < 4.78 is 27.2. The molecule has 0 aliphatic heterocycles. The number of aryl methyl sites for hydroxylation is 1. The zero-order valence-electron chi connectivity index (χ0n) is 10.1. The topological polar surface area (TPSA) is 59.1 Å². The van der Waals surface area contributed by atoms with E-state index in [-0.39, 0.29) is 6.04 Å². The van der Waals surface area contributed by atoms with Gasteiger partial charge in [-0.15, -0.1) is 11.3 Å². The number of thiophene rings is 1. The molecule has 0 spiro atoms. The fourth-order valence-electron chi connectivity index (χ4n) is 1.57. The Kier molecular flexibility index (Phi) is 3.79. The fourth-order valence-corrected chi connectivity index (χ4v) is 4.10. The maximum absolute atomic E-state index is 12.1. The van der Waals surface area contributed by atoms with Crippen LogP contribution in [-0.2, 0) is 10.0 Å².